The maximum atomic E-state index is 11.1. The maximum Gasteiger partial charge on any atom is 0.306 e. The molecule has 162 valence electrons. The number of pyridine rings is 1. The number of carboxylic acids is 1. The lowest BCUT2D eigenvalue weighted by molar-refractivity contribution is -0.143. The number of hydrogen-bond donors (Lipinski definition) is 2. The molecule has 7 heteroatoms. The highest BCUT2D eigenvalue weighted by Crippen LogP contribution is 2.27. The molecule has 0 atom stereocenters. The quantitative estimate of drug-likeness (QED) is 0.462. The Hall–Kier alpha value is -3.71. The number of carbonyl (C=O) groups is 1. The number of carboxylic acid groups (broad SMARTS) is 1. The second kappa shape index (κ2) is 8.80. The van der Waals surface area contributed by atoms with Gasteiger partial charge in [0, 0.05) is 30.6 Å². The average molecular weight is 428 g/mol. The highest BCUT2D eigenvalue weighted by atomic mass is 16.5. The van der Waals surface area contributed by atoms with Gasteiger partial charge in [-0.3, -0.25) is 14.8 Å². The van der Waals surface area contributed by atoms with Gasteiger partial charge in [0.25, 0.3) is 0 Å². The van der Waals surface area contributed by atoms with Crippen molar-refractivity contribution in [3.05, 3.63) is 72.6 Å². The van der Waals surface area contributed by atoms with Gasteiger partial charge in [-0.1, -0.05) is 18.2 Å². The summed E-state index contributed by atoms with van der Waals surface area (Å²) in [7, 11) is 0. The van der Waals surface area contributed by atoms with Crippen molar-refractivity contribution >= 4 is 16.7 Å². The molecule has 0 unspecified atom stereocenters. The highest BCUT2D eigenvalue weighted by molar-refractivity contribution is 5.84. The molecule has 32 heavy (non-hydrogen) atoms. The van der Waals surface area contributed by atoms with Gasteiger partial charge in [0.15, 0.2) is 0 Å². The minimum Gasteiger partial charge on any atom is -0.481 e. The Bertz CT molecular complexity index is 1210. The molecule has 0 amide bonds. The van der Waals surface area contributed by atoms with Crippen LogP contribution in [0.2, 0.25) is 0 Å². The number of aromatic nitrogens is 3. The number of benzene rings is 2. The third kappa shape index (κ3) is 4.48. The van der Waals surface area contributed by atoms with E-state index in [0.29, 0.717) is 5.88 Å². The van der Waals surface area contributed by atoms with Gasteiger partial charge in [-0.05, 0) is 72.6 Å². The zero-order valence-corrected chi connectivity index (χ0v) is 17.6. The molecule has 0 radical (unpaired) electrons. The maximum absolute atomic E-state index is 11.1. The van der Waals surface area contributed by atoms with Gasteiger partial charge in [-0.2, -0.15) is 5.10 Å². The smallest absolute Gasteiger partial charge is 0.306 e. The van der Waals surface area contributed by atoms with Gasteiger partial charge in [-0.15, -0.1) is 0 Å². The van der Waals surface area contributed by atoms with Crippen LogP contribution in [0.3, 0.4) is 0 Å². The molecule has 1 aliphatic heterocycles. The van der Waals surface area contributed by atoms with E-state index in [9.17, 15) is 4.79 Å². The summed E-state index contributed by atoms with van der Waals surface area (Å²) >= 11 is 0. The first-order valence-electron chi connectivity index (χ1n) is 10.8. The monoisotopic (exact) mass is 428 g/mol. The number of nitrogens with one attached hydrogen (secondary N) is 1. The summed E-state index contributed by atoms with van der Waals surface area (Å²) in [6, 6.07) is 18.1. The van der Waals surface area contributed by atoms with Crippen molar-refractivity contribution in [2.45, 2.75) is 19.4 Å². The predicted octanol–water partition coefficient (Wildman–Crippen LogP) is 4.71. The number of likely N-dealkylation sites (tertiary alicyclic amines) is 1. The number of rotatable bonds is 6. The lowest BCUT2D eigenvalue weighted by Crippen LogP contribution is -2.35. The zero-order valence-electron chi connectivity index (χ0n) is 17.6. The normalized spacial score (nSPS) is 15.1. The van der Waals surface area contributed by atoms with Crippen molar-refractivity contribution in [2.75, 3.05) is 13.1 Å². The number of H-pyrrole nitrogens is 1. The molecule has 0 saturated carbocycles. The van der Waals surface area contributed by atoms with Crippen LogP contribution >= 0.6 is 0 Å². The van der Waals surface area contributed by atoms with E-state index in [4.69, 9.17) is 9.84 Å². The molecule has 4 aromatic rings. The average Bonchev–Trinajstić information content (AvgIpc) is 3.35. The molecular weight excluding hydrogens is 404 g/mol. The molecular formula is C25H24N4O3. The first kappa shape index (κ1) is 20.2. The van der Waals surface area contributed by atoms with Crippen molar-refractivity contribution < 1.29 is 14.6 Å². The summed E-state index contributed by atoms with van der Waals surface area (Å²) in [6.45, 7) is 2.50. The van der Waals surface area contributed by atoms with Gasteiger partial charge in [0.05, 0.1) is 11.6 Å². The Labute approximate surface area is 185 Å². The Morgan fingerprint density at radius 1 is 1.06 bits per heavy atom. The molecule has 2 N–H and O–H groups in total. The van der Waals surface area contributed by atoms with E-state index >= 15 is 0 Å². The number of ether oxygens (including phenoxy) is 1. The van der Waals surface area contributed by atoms with E-state index in [1.807, 2.05) is 30.3 Å². The van der Waals surface area contributed by atoms with E-state index < -0.39 is 5.97 Å². The van der Waals surface area contributed by atoms with E-state index in [2.05, 4.69) is 44.3 Å². The van der Waals surface area contributed by atoms with Crippen LogP contribution in [0.5, 0.6) is 11.6 Å². The van der Waals surface area contributed by atoms with Crippen LogP contribution in [0.25, 0.3) is 22.0 Å². The SMILES string of the molecule is O=C(O)C1CCN(Cc2ccc3cc(Oc4ccc(-c5ccn[nH]5)cn4)ccc3c2)CC1. The van der Waals surface area contributed by atoms with Gasteiger partial charge in [0.2, 0.25) is 5.88 Å². The van der Waals surface area contributed by atoms with E-state index in [1.165, 1.54) is 5.56 Å². The molecule has 3 heterocycles. The number of aliphatic carboxylic acids is 1. The van der Waals surface area contributed by atoms with Crippen LogP contribution in [0, 0.1) is 5.92 Å². The molecule has 2 aromatic heterocycles. The summed E-state index contributed by atoms with van der Waals surface area (Å²) in [5.41, 5.74) is 3.10. The van der Waals surface area contributed by atoms with Crippen LogP contribution < -0.4 is 4.74 Å². The molecule has 5 rings (SSSR count). The second-order valence-electron chi connectivity index (χ2n) is 8.19. The fourth-order valence-corrected chi connectivity index (χ4v) is 4.17. The Morgan fingerprint density at radius 3 is 2.59 bits per heavy atom. The number of nitrogens with zero attached hydrogens (tertiary/aromatic N) is 3. The molecule has 0 spiro atoms. The largest absolute Gasteiger partial charge is 0.481 e. The van der Waals surface area contributed by atoms with Crippen LogP contribution in [0.4, 0.5) is 0 Å². The first-order chi connectivity index (χ1) is 15.6. The van der Waals surface area contributed by atoms with E-state index in [1.54, 1.807) is 12.4 Å². The third-order valence-corrected chi connectivity index (χ3v) is 5.99. The topological polar surface area (TPSA) is 91.3 Å². The molecule has 1 saturated heterocycles. The summed E-state index contributed by atoms with van der Waals surface area (Å²) in [5.74, 6) is 0.409. The fourth-order valence-electron chi connectivity index (χ4n) is 4.17. The summed E-state index contributed by atoms with van der Waals surface area (Å²) in [6.07, 6.45) is 4.91. The number of fused-ring (bicyclic) bond motifs is 1. The lowest BCUT2D eigenvalue weighted by Gasteiger charge is -2.30. The third-order valence-electron chi connectivity index (χ3n) is 5.99. The lowest BCUT2D eigenvalue weighted by atomic mass is 9.96. The summed E-state index contributed by atoms with van der Waals surface area (Å²) in [5, 5.41) is 18.3. The van der Waals surface area contributed by atoms with Crippen molar-refractivity contribution in [1.82, 2.24) is 20.1 Å². The number of hydrogen-bond acceptors (Lipinski definition) is 5. The van der Waals surface area contributed by atoms with Gasteiger partial charge in [-0.25, -0.2) is 4.98 Å². The summed E-state index contributed by atoms with van der Waals surface area (Å²) < 4.78 is 5.95. The molecule has 1 aliphatic rings. The zero-order chi connectivity index (χ0) is 21.9. The fraction of sp³-hybridized carbons (Fsp3) is 0.240. The minimum atomic E-state index is -0.669. The molecule has 2 aromatic carbocycles. The minimum absolute atomic E-state index is 0.197. The van der Waals surface area contributed by atoms with Crippen LogP contribution in [0.15, 0.2) is 67.0 Å². The van der Waals surface area contributed by atoms with Crippen molar-refractivity contribution in [3.8, 4) is 22.9 Å². The van der Waals surface area contributed by atoms with Gasteiger partial charge < -0.3 is 9.84 Å². The molecule has 0 bridgehead atoms. The molecule has 7 nitrogen and oxygen atoms in total. The Kier molecular flexibility index (Phi) is 5.56. The number of piperidine rings is 1. The first-order valence-corrected chi connectivity index (χ1v) is 10.8. The molecule has 1 fully saturated rings. The Morgan fingerprint density at radius 2 is 1.88 bits per heavy atom. The number of aromatic amines is 1. The standard InChI is InChI=1S/C25H24N4O3/c30-25(31)18-8-11-29(12-9-18)16-17-1-2-20-14-22(5-3-19(20)13-17)32-24-6-4-21(15-26-24)23-7-10-27-28-23/h1-7,10,13-15,18H,8-9,11-12,16H2,(H,27,28)(H,30,31). The van der Waals surface area contributed by atoms with Crippen LogP contribution in [-0.4, -0.2) is 44.2 Å². The molecule has 0 aliphatic carbocycles. The Balaban J connectivity index is 1.24. The second-order valence-corrected chi connectivity index (χ2v) is 8.19. The predicted molar refractivity (Wildman–Crippen MR) is 121 cm³/mol. The van der Waals surface area contributed by atoms with Gasteiger partial charge >= 0.3 is 5.97 Å². The van der Waals surface area contributed by atoms with Crippen LogP contribution in [-0.2, 0) is 11.3 Å². The van der Waals surface area contributed by atoms with E-state index in [0.717, 1.165) is 60.3 Å². The van der Waals surface area contributed by atoms with Gasteiger partial charge in [0.1, 0.15) is 5.75 Å². The van der Waals surface area contributed by atoms with E-state index in [-0.39, 0.29) is 5.92 Å². The van der Waals surface area contributed by atoms with Crippen molar-refractivity contribution in [2.24, 2.45) is 5.92 Å². The van der Waals surface area contributed by atoms with Crippen molar-refractivity contribution in [3.63, 3.8) is 0 Å². The summed E-state index contributed by atoms with van der Waals surface area (Å²) in [4.78, 5) is 17.9. The van der Waals surface area contributed by atoms with Crippen molar-refractivity contribution in [1.29, 1.82) is 0 Å². The van der Waals surface area contributed by atoms with Crippen LogP contribution in [0.1, 0.15) is 18.4 Å². The highest BCUT2D eigenvalue weighted by Gasteiger charge is 2.24.